The van der Waals surface area contributed by atoms with Crippen LogP contribution >= 0.6 is 0 Å². The SMILES string of the molecule is CC(=O)O[C@]1(C(=O)N(C)C)CCC2C3C=C(C)C4=CC(=O)CC[C@]4(C)C3CC[C@@]21C. The van der Waals surface area contributed by atoms with Crippen LogP contribution in [0.3, 0.4) is 0 Å². The third-order valence-electron chi connectivity index (χ3n) is 9.02. The van der Waals surface area contributed by atoms with E-state index in [4.69, 9.17) is 4.74 Å². The Labute approximate surface area is 179 Å². The van der Waals surface area contributed by atoms with Gasteiger partial charge in [0.05, 0.1) is 0 Å². The molecule has 3 unspecified atom stereocenters. The summed E-state index contributed by atoms with van der Waals surface area (Å²) in [6.07, 6.45) is 9.06. The summed E-state index contributed by atoms with van der Waals surface area (Å²) < 4.78 is 5.94. The number of ether oxygens (including phenoxy) is 1. The molecule has 4 aliphatic rings. The molecule has 2 saturated carbocycles. The van der Waals surface area contributed by atoms with Crippen LogP contribution in [-0.2, 0) is 19.1 Å². The van der Waals surface area contributed by atoms with Crippen molar-refractivity contribution in [2.45, 2.75) is 71.8 Å². The Morgan fingerprint density at radius 2 is 1.77 bits per heavy atom. The van der Waals surface area contributed by atoms with Gasteiger partial charge in [-0.2, -0.15) is 0 Å². The molecule has 164 valence electrons. The summed E-state index contributed by atoms with van der Waals surface area (Å²) in [5, 5.41) is 0. The number of ketones is 1. The largest absolute Gasteiger partial charge is 0.449 e. The minimum atomic E-state index is -1.08. The van der Waals surface area contributed by atoms with E-state index in [1.807, 2.05) is 6.08 Å². The average Bonchev–Trinajstić information content (AvgIpc) is 2.95. The number of nitrogens with zero attached hydrogens (tertiary/aromatic N) is 1. The molecule has 0 saturated heterocycles. The first-order chi connectivity index (χ1) is 14.0. The third-order valence-corrected chi connectivity index (χ3v) is 9.02. The lowest BCUT2D eigenvalue weighted by Crippen LogP contribution is -2.61. The predicted octanol–water partition coefficient (Wildman–Crippen LogP) is 4.07. The zero-order chi connectivity index (χ0) is 22.1. The van der Waals surface area contributed by atoms with Crippen molar-refractivity contribution < 1.29 is 19.1 Å². The van der Waals surface area contributed by atoms with Crippen LogP contribution in [0.15, 0.2) is 23.3 Å². The summed E-state index contributed by atoms with van der Waals surface area (Å²) in [5.74, 6) is 0.846. The highest BCUT2D eigenvalue weighted by Crippen LogP contribution is 2.67. The van der Waals surface area contributed by atoms with Crippen molar-refractivity contribution in [3.8, 4) is 0 Å². The molecule has 0 spiro atoms. The minimum Gasteiger partial charge on any atom is -0.449 e. The van der Waals surface area contributed by atoms with E-state index < -0.39 is 5.60 Å². The number of hydrogen-bond donors (Lipinski definition) is 0. The van der Waals surface area contributed by atoms with Gasteiger partial charge in [-0.05, 0) is 73.8 Å². The zero-order valence-corrected chi connectivity index (χ0v) is 19.2. The standard InChI is InChI=1S/C25H35NO4/c1-15-13-18-19(23(3)10-7-17(28)14-21(15)23)8-11-24(4)20(18)9-12-25(24,30-16(2)27)22(29)26(5)6/h13-14,18-20H,7-12H2,1-6H3/t18?,19?,20?,23-,24+,25+/m1/s1. The molecule has 4 aliphatic carbocycles. The maximum absolute atomic E-state index is 13.4. The van der Waals surface area contributed by atoms with E-state index in [1.165, 1.54) is 18.1 Å². The lowest BCUT2D eigenvalue weighted by Gasteiger charge is -2.58. The molecule has 0 aromatic carbocycles. The molecular weight excluding hydrogens is 378 g/mol. The molecule has 5 heteroatoms. The molecule has 1 amide bonds. The van der Waals surface area contributed by atoms with Gasteiger partial charge in [0.2, 0.25) is 0 Å². The lowest BCUT2D eigenvalue weighted by atomic mass is 9.47. The first kappa shape index (κ1) is 21.3. The number of likely N-dealkylation sites (N-methyl/N-ethyl adjacent to an activating group) is 1. The van der Waals surface area contributed by atoms with Gasteiger partial charge in [0.15, 0.2) is 11.4 Å². The van der Waals surface area contributed by atoms with Gasteiger partial charge in [-0.1, -0.05) is 25.5 Å². The van der Waals surface area contributed by atoms with Crippen molar-refractivity contribution in [1.29, 1.82) is 0 Å². The van der Waals surface area contributed by atoms with Gasteiger partial charge < -0.3 is 9.64 Å². The van der Waals surface area contributed by atoms with Crippen LogP contribution in [0.25, 0.3) is 0 Å². The van der Waals surface area contributed by atoms with Gasteiger partial charge >= 0.3 is 5.97 Å². The highest BCUT2D eigenvalue weighted by Gasteiger charge is 2.69. The van der Waals surface area contributed by atoms with Gasteiger partial charge in [-0.15, -0.1) is 0 Å². The fraction of sp³-hybridized carbons (Fsp3) is 0.720. The quantitative estimate of drug-likeness (QED) is 0.640. The van der Waals surface area contributed by atoms with E-state index in [1.54, 1.807) is 19.0 Å². The maximum Gasteiger partial charge on any atom is 0.303 e. The van der Waals surface area contributed by atoms with Crippen LogP contribution in [0.1, 0.15) is 66.2 Å². The number of allylic oxidation sites excluding steroid dienone is 4. The van der Waals surface area contributed by atoms with Crippen molar-refractivity contribution in [1.82, 2.24) is 4.90 Å². The number of carbonyl (C=O) groups is 3. The highest BCUT2D eigenvalue weighted by atomic mass is 16.6. The van der Waals surface area contributed by atoms with E-state index >= 15 is 0 Å². The van der Waals surface area contributed by atoms with Crippen molar-refractivity contribution >= 4 is 17.7 Å². The molecule has 0 bridgehead atoms. The third kappa shape index (κ3) is 2.69. The van der Waals surface area contributed by atoms with Crippen LogP contribution in [0.5, 0.6) is 0 Å². The van der Waals surface area contributed by atoms with Crippen LogP contribution in [0.4, 0.5) is 0 Å². The molecule has 5 nitrogen and oxygen atoms in total. The molecule has 6 atom stereocenters. The molecule has 0 radical (unpaired) electrons. The number of hydrogen-bond acceptors (Lipinski definition) is 4. The van der Waals surface area contributed by atoms with Crippen molar-refractivity contribution in [3.05, 3.63) is 23.3 Å². The molecule has 0 aromatic rings. The zero-order valence-electron chi connectivity index (χ0n) is 19.2. The summed E-state index contributed by atoms with van der Waals surface area (Å²) in [7, 11) is 3.50. The van der Waals surface area contributed by atoms with E-state index in [0.29, 0.717) is 24.7 Å². The number of amides is 1. The van der Waals surface area contributed by atoms with Crippen molar-refractivity contribution in [3.63, 3.8) is 0 Å². The molecule has 0 aliphatic heterocycles. The Balaban J connectivity index is 1.80. The van der Waals surface area contributed by atoms with Crippen LogP contribution in [0, 0.1) is 28.6 Å². The number of esters is 1. The summed E-state index contributed by atoms with van der Waals surface area (Å²) >= 11 is 0. The molecule has 30 heavy (non-hydrogen) atoms. The second kappa shape index (κ2) is 6.80. The van der Waals surface area contributed by atoms with E-state index in [0.717, 1.165) is 25.7 Å². The molecule has 4 rings (SSSR count). The Morgan fingerprint density at radius 1 is 1.10 bits per heavy atom. The van der Waals surface area contributed by atoms with Gasteiger partial charge in [0, 0.05) is 32.9 Å². The Hall–Kier alpha value is -1.91. The van der Waals surface area contributed by atoms with Crippen LogP contribution < -0.4 is 0 Å². The number of carbonyl (C=O) groups excluding carboxylic acids is 3. The topological polar surface area (TPSA) is 63.7 Å². The van der Waals surface area contributed by atoms with Gasteiger partial charge in [-0.25, -0.2) is 0 Å². The number of rotatable bonds is 2. The molecular formula is C25H35NO4. The molecule has 2 fully saturated rings. The Bertz CT molecular complexity index is 870. The van der Waals surface area contributed by atoms with Gasteiger partial charge in [0.1, 0.15) is 0 Å². The van der Waals surface area contributed by atoms with Crippen molar-refractivity contribution in [2.24, 2.45) is 28.6 Å². The highest BCUT2D eigenvalue weighted by molar-refractivity contribution is 5.92. The number of fused-ring (bicyclic) bond motifs is 5. The van der Waals surface area contributed by atoms with Crippen LogP contribution in [0.2, 0.25) is 0 Å². The summed E-state index contributed by atoms with van der Waals surface area (Å²) in [4.78, 5) is 39.2. The minimum absolute atomic E-state index is 0.0109. The van der Waals surface area contributed by atoms with Gasteiger partial charge in [0.25, 0.3) is 5.91 Å². The first-order valence-corrected chi connectivity index (χ1v) is 11.3. The fourth-order valence-corrected chi connectivity index (χ4v) is 7.58. The summed E-state index contributed by atoms with van der Waals surface area (Å²) in [6, 6.07) is 0. The maximum atomic E-state index is 13.4. The molecule has 0 aromatic heterocycles. The van der Waals surface area contributed by atoms with Gasteiger partial charge in [-0.3, -0.25) is 14.4 Å². The van der Waals surface area contributed by atoms with E-state index in [2.05, 4.69) is 26.8 Å². The second-order valence-electron chi connectivity index (χ2n) is 10.7. The lowest BCUT2D eigenvalue weighted by molar-refractivity contribution is -0.192. The predicted molar refractivity (Wildman–Crippen MR) is 114 cm³/mol. The second-order valence-corrected chi connectivity index (χ2v) is 10.7. The van der Waals surface area contributed by atoms with E-state index in [-0.39, 0.29) is 34.4 Å². The Kier molecular flexibility index (Phi) is 4.83. The summed E-state index contributed by atoms with van der Waals surface area (Å²) in [6.45, 7) is 8.05. The monoisotopic (exact) mass is 413 g/mol. The van der Waals surface area contributed by atoms with Crippen LogP contribution in [-0.4, -0.2) is 42.3 Å². The smallest absolute Gasteiger partial charge is 0.303 e. The first-order valence-electron chi connectivity index (χ1n) is 11.3. The Morgan fingerprint density at radius 3 is 2.40 bits per heavy atom. The average molecular weight is 414 g/mol. The van der Waals surface area contributed by atoms with E-state index in [9.17, 15) is 14.4 Å². The fourth-order valence-electron chi connectivity index (χ4n) is 7.58. The van der Waals surface area contributed by atoms with Crippen molar-refractivity contribution in [2.75, 3.05) is 14.1 Å². The molecule has 0 N–H and O–H groups in total. The molecule has 0 heterocycles. The normalized spacial score (nSPS) is 42.3. The summed E-state index contributed by atoms with van der Waals surface area (Å²) in [5.41, 5.74) is 0.966.